The molecule has 0 aliphatic carbocycles. The lowest BCUT2D eigenvalue weighted by molar-refractivity contribution is 0.1000. The normalized spacial score (nSPS) is 14.2. The Bertz CT molecular complexity index is 499. The highest BCUT2D eigenvalue weighted by Crippen LogP contribution is 2.25. The predicted molar refractivity (Wildman–Crippen MR) is 82.8 cm³/mol. The number of amides is 1. The summed E-state index contributed by atoms with van der Waals surface area (Å²) >= 11 is 0. The molecule has 112 valence electrons. The van der Waals surface area contributed by atoms with Crippen LogP contribution in [0.25, 0.3) is 0 Å². The first-order chi connectivity index (χ1) is 9.18. The van der Waals surface area contributed by atoms with Crippen LogP contribution in [-0.4, -0.2) is 23.0 Å². The van der Waals surface area contributed by atoms with Crippen molar-refractivity contribution in [3.05, 3.63) is 22.9 Å². The Morgan fingerprint density at radius 1 is 1.45 bits per heavy atom. The number of aryl methyl sites for hydroxylation is 2. The number of rotatable bonds is 6. The van der Waals surface area contributed by atoms with Gasteiger partial charge in [0, 0.05) is 17.8 Å². The zero-order chi connectivity index (χ0) is 15.5. The van der Waals surface area contributed by atoms with Crippen molar-refractivity contribution in [1.29, 1.82) is 0 Å². The van der Waals surface area contributed by atoms with Gasteiger partial charge < -0.3 is 16.8 Å². The number of nitrogens with two attached hydrogens (primary N) is 2. The molecule has 0 aliphatic rings. The fourth-order valence-corrected chi connectivity index (χ4v) is 2.61. The Hall–Kier alpha value is -1.62. The molecule has 1 aromatic rings. The van der Waals surface area contributed by atoms with E-state index in [0.717, 1.165) is 17.7 Å². The molecule has 1 amide bonds. The Morgan fingerprint density at radius 2 is 2.05 bits per heavy atom. The second kappa shape index (κ2) is 6.22. The summed E-state index contributed by atoms with van der Waals surface area (Å²) in [6, 6.07) is 1.85. The van der Waals surface area contributed by atoms with Crippen molar-refractivity contribution in [2.24, 2.45) is 17.4 Å². The lowest BCUT2D eigenvalue weighted by Gasteiger charge is -2.32. The van der Waals surface area contributed by atoms with E-state index in [0.29, 0.717) is 23.8 Å². The van der Waals surface area contributed by atoms with E-state index in [4.69, 9.17) is 11.5 Å². The molecular formula is C15H26N4O. The number of carbonyl (C=O) groups excluding carboxylic acids is 1. The Kier molecular flexibility index (Phi) is 5.11. The molecule has 0 spiro atoms. The molecule has 5 N–H and O–H groups in total. The van der Waals surface area contributed by atoms with Crippen molar-refractivity contribution in [1.82, 2.24) is 4.98 Å². The molecule has 0 fully saturated rings. The van der Waals surface area contributed by atoms with Crippen LogP contribution in [0.2, 0.25) is 0 Å². The van der Waals surface area contributed by atoms with Crippen molar-refractivity contribution < 1.29 is 4.79 Å². The summed E-state index contributed by atoms with van der Waals surface area (Å²) in [5, 5.41) is 3.33. The van der Waals surface area contributed by atoms with E-state index < -0.39 is 5.91 Å². The van der Waals surface area contributed by atoms with Gasteiger partial charge in [0.25, 0.3) is 5.91 Å². The third-order valence-corrected chi connectivity index (χ3v) is 3.32. The number of nitrogens with zero attached hydrogens (tertiary/aromatic N) is 1. The molecule has 0 aliphatic heterocycles. The van der Waals surface area contributed by atoms with Gasteiger partial charge in [-0.15, -0.1) is 0 Å². The summed E-state index contributed by atoms with van der Waals surface area (Å²) in [5.41, 5.74) is 13.2. The maximum atomic E-state index is 11.7. The number of hydrogen-bond acceptors (Lipinski definition) is 4. The lowest BCUT2D eigenvalue weighted by atomic mass is 9.90. The fourth-order valence-electron chi connectivity index (χ4n) is 2.61. The monoisotopic (exact) mass is 278 g/mol. The van der Waals surface area contributed by atoms with Crippen LogP contribution in [0.15, 0.2) is 6.07 Å². The molecule has 5 nitrogen and oxygen atoms in total. The molecule has 0 aromatic carbocycles. The van der Waals surface area contributed by atoms with Crippen LogP contribution in [-0.2, 0) is 0 Å². The molecule has 1 heterocycles. The summed E-state index contributed by atoms with van der Waals surface area (Å²) < 4.78 is 0. The molecule has 20 heavy (non-hydrogen) atoms. The smallest absolute Gasteiger partial charge is 0.252 e. The number of primary amides is 1. The quantitative estimate of drug-likeness (QED) is 0.741. The number of nitrogens with one attached hydrogen (secondary N) is 1. The van der Waals surface area contributed by atoms with Crippen LogP contribution >= 0.6 is 0 Å². The minimum Gasteiger partial charge on any atom is -0.365 e. The van der Waals surface area contributed by atoms with Gasteiger partial charge in [-0.1, -0.05) is 13.8 Å². The summed E-state index contributed by atoms with van der Waals surface area (Å²) in [6.45, 7) is 10.5. The number of pyridine rings is 1. The highest BCUT2D eigenvalue weighted by atomic mass is 16.1. The lowest BCUT2D eigenvalue weighted by Crippen LogP contribution is -2.44. The second-order valence-electron chi connectivity index (χ2n) is 6.16. The molecule has 1 aromatic heterocycles. The van der Waals surface area contributed by atoms with Crippen LogP contribution in [0.3, 0.4) is 0 Å². The van der Waals surface area contributed by atoms with E-state index in [9.17, 15) is 4.79 Å². The van der Waals surface area contributed by atoms with E-state index in [1.54, 1.807) is 0 Å². The first-order valence-electron chi connectivity index (χ1n) is 6.95. The van der Waals surface area contributed by atoms with Crippen LogP contribution < -0.4 is 16.8 Å². The standard InChI is InChI=1S/C15H26N4O/c1-9(2)7-15(5,8-16)19-14-12(13(17)20)10(3)6-11(4)18-14/h6,9H,7-8,16H2,1-5H3,(H2,17,20)(H,18,19). The minimum absolute atomic E-state index is 0.314. The number of aromatic nitrogens is 1. The molecule has 1 atom stereocenters. The number of anilines is 1. The van der Waals surface area contributed by atoms with Crippen molar-refractivity contribution in [3.63, 3.8) is 0 Å². The molecular weight excluding hydrogens is 252 g/mol. The molecule has 1 unspecified atom stereocenters. The Labute approximate surface area is 121 Å². The fraction of sp³-hybridized carbons (Fsp3) is 0.600. The highest BCUT2D eigenvalue weighted by Gasteiger charge is 2.26. The van der Waals surface area contributed by atoms with Gasteiger partial charge in [0.15, 0.2) is 0 Å². The van der Waals surface area contributed by atoms with Gasteiger partial charge in [-0.2, -0.15) is 0 Å². The first-order valence-corrected chi connectivity index (χ1v) is 6.95. The van der Waals surface area contributed by atoms with E-state index in [1.165, 1.54) is 0 Å². The van der Waals surface area contributed by atoms with Crippen molar-refractivity contribution in [2.45, 2.75) is 46.6 Å². The zero-order valence-electron chi connectivity index (χ0n) is 13.1. The summed E-state index contributed by atoms with van der Waals surface area (Å²) in [6.07, 6.45) is 0.885. The van der Waals surface area contributed by atoms with Gasteiger partial charge in [0.1, 0.15) is 5.82 Å². The van der Waals surface area contributed by atoms with Crippen molar-refractivity contribution >= 4 is 11.7 Å². The SMILES string of the molecule is Cc1cc(C)c(C(N)=O)c(NC(C)(CN)CC(C)C)n1. The third-order valence-electron chi connectivity index (χ3n) is 3.32. The topological polar surface area (TPSA) is 94.0 Å². The van der Waals surface area contributed by atoms with Crippen LogP contribution in [0.4, 0.5) is 5.82 Å². The van der Waals surface area contributed by atoms with Crippen LogP contribution in [0.1, 0.15) is 48.8 Å². The Morgan fingerprint density at radius 3 is 2.50 bits per heavy atom. The molecule has 0 radical (unpaired) electrons. The molecule has 5 heteroatoms. The largest absolute Gasteiger partial charge is 0.365 e. The van der Waals surface area contributed by atoms with Gasteiger partial charge in [0.05, 0.1) is 5.56 Å². The number of hydrogen-bond donors (Lipinski definition) is 3. The average Bonchev–Trinajstić information content (AvgIpc) is 2.25. The highest BCUT2D eigenvalue weighted by molar-refractivity contribution is 5.99. The molecule has 0 saturated heterocycles. The molecule has 0 bridgehead atoms. The zero-order valence-corrected chi connectivity index (χ0v) is 13.1. The Balaban J connectivity index is 3.22. The summed E-state index contributed by atoms with van der Waals surface area (Å²) in [7, 11) is 0. The van der Waals surface area contributed by atoms with E-state index >= 15 is 0 Å². The predicted octanol–water partition coefficient (Wildman–Crippen LogP) is 1.97. The summed E-state index contributed by atoms with van der Waals surface area (Å²) in [5.74, 6) is 0.545. The van der Waals surface area contributed by atoms with Crippen LogP contribution in [0, 0.1) is 19.8 Å². The van der Waals surface area contributed by atoms with E-state index in [1.807, 2.05) is 26.8 Å². The minimum atomic E-state index is -0.471. The maximum Gasteiger partial charge on any atom is 0.252 e. The van der Waals surface area contributed by atoms with Crippen LogP contribution in [0.5, 0.6) is 0 Å². The van der Waals surface area contributed by atoms with Crippen molar-refractivity contribution in [2.75, 3.05) is 11.9 Å². The maximum absolute atomic E-state index is 11.7. The van der Waals surface area contributed by atoms with Crippen molar-refractivity contribution in [3.8, 4) is 0 Å². The first kappa shape index (κ1) is 16.4. The van der Waals surface area contributed by atoms with Gasteiger partial charge in [0.2, 0.25) is 0 Å². The average molecular weight is 278 g/mol. The number of carbonyl (C=O) groups is 1. The summed E-state index contributed by atoms with van der Waals surface area (Å²) in [4.78, 5) is 16.1. The molecule has 1 rings (SSSR count). The van der Waals surface area contributed by atoms with Gasteiger partial charge in [-0.3, -0.25) is 4.79 Å². The second-order valence-corrected chi connectivity index (χ2v) is 6.16. The van der Waals surface area contributed by atoms with Gasteiger partial charge in [-0.25, -0.2) is 4.98 Å². The van der Waals surface area contributed by atoms with Gasteiger partial charge in [-0.05, 0) is 44.7 Å². The van der Waals surface area contributed by atoms with E-state index in [2.05, 4.69) is 24.1 Å². The third kappa shape index (κ3) is 3.93. The van der Waals surface area contributed by atoms with E-state index in [-0.39, 0.29) is 5.54 Å². The molecule has 0 saturated carbocycles. The van der Waals surface area contributed by atoms with Gasteiger partial charge >= 0.3 is 0 Å².